The molecule has 17 heavy (non-hydrogen) atoms. The summed E-state index contributed by atoms with van der Waals surface area (Å²) in [5.74, 6) is 0.714. The van der Waals surface area contributed by atoms with Gasteiger partial charge >= 0.3 is 0 Å². The Balaban J connectivity index is 1.65. The van der Waals surface area contributed by atoms with Crippen molar-refractivity contribution in [2.45, 2.75) is 50.5 Å². The molecular formula is C15H19NO. The van der Waals surface area contributed by atoms with Crippen LogP contribution in [0.25, 0.3) is 0 Å². The molecule has 2 aliphatic rings. The number of oxime groups is 1. The van der Waals surface area contributed by atoms with E-state index in [2.05, 4.69) is 42.4 Å². The minimum absolute atomic E-state index is 0.0510. The normalized spacial score (nSPS) is 32.3. The van der Waals surface area contributed by atoms with E-state index in [9.17, 15) is 0 Å². The van der Waals surface area contributed by atoms with Crippen molar-refractivity contribution in [3.63, 3.8) is 0 Å². The third kappa shape index (κ3) is 2.08. The van der Waals surface area contributed by atoms with Gasteiger partial charge in [0.1, 0.15) is 5.60 Å². The van der Waals surface area contributed by atoms with Gasteiger partial charge in [-0.25, -0.2) is 0 Å². The summed E-state index contributed by atoms with van der Waals surface area (Å²) in [4.78, 5) is 5.67. The second-order valence-corrected chi connectivity index (χ2v) is 5.46. The lowest BCUT2D eigenvalue weighted by molar-refractivity contribution is -0.0483. The van der Waals surface area contributed by atoms with Crippen molar-refractivity contribution in [2.75, 3.05) is 0 Å². The summed E-state index contributed by atoms with van der Waals surface area (Å²) in [6.07, 6.45) is 5.79. The van der Waals surface area contributed by atoms with E-state index in [0.717, 1.165) is 25.0 Å². The highest BCUT2D eigenvalue weighted by atomic mass is 16.7. The summed E-state index contributed by atoms with van der Waals surface area (Å²) >= 11 is 0. The van der Waals surface area contributed by atoms with Crippen LogP contribution in [0.3, 0.4) is 0 Å². The molecule has 0 saturated heterocycles. The summed E-state index contributed by atoms with van der Waals surface area (Å²) < 4.78 is 0. The van der Waals surface area contributed by atoms with Gasteiger partial charge in [0.2, 0.25) is 0 Å². The van der Waals surface area contributed by atoms with Crippen LogP contribution in [0.5, 0.6) is 0 Å². The quantitative estimate of drug-likeness (QED) is 0.716. The Morgan fingerprint density at radius 1 is 1.18 bits per heavy atom. The predicted molar refractivity (Wildman–Crippen MR) is 69.2 cm³/mol. The van der Waals surface area contributed by atoms with E-state index < -0.39 is 0 Å². The maximum atomic E-state index is 5.67. The van der Waals surface area contributed by atoms with Crippen LogP contribution < -0.4 is 0 Å². The number of nitrogens with zero attached hydrogens (tertiary/aromatic N) is 1. The van der Waals surface area contributed by atoms with Crippen LogP contribution in [0.15, 0.2) is 35.5 Å². The molecule has 1 aromatic carbocycles. The van der Waals surface area contributed by atoms with Crippen LogP contribution in [0.1, 0.15) is 50.5 Å². The second-order valence-electron chi connectivity index (χ2n) is 5.46. The molecule has 0 atom stereocenters. The van der Waals surface area contributed by atoms with Crippen LogP contribution >= 0.6 is 0 Å². The summed E-state index contributed by atoms with van der Waals surface area (Å²) in [7, 11) is 0. The minimum Gasteiger partial charge on any atom is -0.389 e. The van der Waals surface area contributed by atoms with Crippen molar-refractivity contribution in [3.05, 3.63) is 35.9 Å². The molecule has 1 aliphatic heterocycles. The fraction of sp³-hybridized carbons (Fsp3) is 0.533. The van der Waals surface area contributed by atoms with Crippen LogP contribution in [0.4, 0.5) is 0 Å². The van der Waals surface area contributed by atoms with Crippen LogP contribution in [0.2, 0.25) is 0 Å². The van der Waals surface area contributed by atoms with Crippen molar-refractivity contribution in [1.82, 2.24) is 0 Å². The Hall–Kier alpha value is -1.31. The molecule has 1 spiro atoms. The molecular weight excluding hydrogens is 210 g/mol. The van der Waals surface area contributed by atoms with Gasteiger partial charge in [0, 0.05) is 6.42 Å². The lowest BCUT2D eigenvalue weighted by Crippen LogP contribution is -2.33. The molecule has 90 valence electrons. The van der Waals surface area contributed by atoms with Gasteiger partial charge in [0.15, 0.2) is 0 Å². The molecule has 2 nitrogen and oxygen atoms in total. The van der Waals surface area contributed by atoms with Crippen LogP contribution in [-0.2, 0) is 4.84 Å². The third-order valence-corrected chi connectivity index (χ3v) is 4.14. The molecule has 3 rings (SSSR count). The molecule has 0 N–H and O–H groups in total. The molecule has 1 saturated carbocycles. The topological polar surface area (TPSA) is 21.6 Å². The van der Waals surface area contributed by atoms with Crippen LogP contribution in [0, 0.1) is 0 Å². The second kappa shape index (κ2) is 4.17. The van der Waals surface area contributed by atoms with Gasteiger partial charge in [-0.1, -0.05) is 35.5 Å². The van der Waals surface area contributed by atoms with E-state index in [1.807, 2.05) is 0 Å². The van der Waals surface area contributed by atoms with Crippen molar-refractivity contribution >= 4 is 5.71 Å². The highest BCUT2D eigenvalue weighted by molar-refractivity contribution is 5.83. The van der Waals surface area contributed by atoms with E-state index in [0.29, 0.717) is 5.92 Å². The average molecular weight is 229 g/mol. The molecule has 0 unspecified atom stereocenters. The van der Waals surface area contributed by atoms with Gasteiger partial charge in [0.05, 0.1) is 5.71 Å². The Bertz CT molecular complexity index is 416. The molecule has 0 amide bonds. The van der Waals surface area contributed by atoms with Crippen molar-refractivity contribution in [3.8, 4) is 0 Å². The lowest BCUT2D eigenvalue weighted by Gasteiger charge is -2.35. The first kappa shape index (κ1) is 10.8. The first-order chi connectivity index (χ1) is 8.27. The van der Waals surface area contributed by atoms with Gasteiger partial charge in [0.25, 0.3) is 0 Å². The largest absolute Gasteiger partial charge is 0.389 e. The summed E-state index contributed by atoms with van der Waals surface area (Å²) in [5.41, 5.74) is 2.69. The Morgan fingerprint density at radius 3 is 2.47 bits per heavy atom. The van der Waals surface area contributed by atoms with Crippen molar-refractivity contribution in [2.24, 2.45) is 5.16 Å². The third-order valence-electron chi connectivity index (χ3n) is 4.14. The van der Waals surface area contributed by atoms with Gasteiger partial charge in [-0.2, -0.15) is 0 Å². The van der Waals surface area contributed by atoms with Crippen LogP contribution in [-0.4, -0.2) is 11.3 Å². The molecule has 1 fully saturated rings. The zero-order valence-electron chi connectivity index (χ0n) is 10.4. The van der Waals surface area contributed by atoms with Crippen molar-refractivity contribution < 1.29 is 4.84 Å². The average Bonchev–Trinajstić information content (AvgIpc) is 2.73. The SMILES string of the molecule is CC1=NOC2(CCC(c3ccccc3)CC2)C1. The van der Waals surface area contributed by atoms with Crippen molar-refractivity contribution in [1.29, 1.82) is 0 Å². The lowest BCUT2D eigenvalue weighted by atomic mass is 9.74. The Kier molecular flexibility index (Phi) is 2.65. The zero-order valence-corrected chi connectivity index (χ0v) is 10.4. The standard InChI is InChI=1S/C15H19NO/c1-12-11-15(17-16-12)9-7-14(8-10-15)13-5-3-2-4-6-13/h2-6,14H,7-11H2,1H3. The summed E-state index contributed by atoms with van der Waals surface area (Å²) in [6, 6.07) is 10.9. The van der Waals surface area contributed by atoms with Gasteiger partial charge in [-0.15, -0.1) is 0 Å². The summed E-state index contributed by atoms with van der Waals surface area (Å²) in [6.45, 7) is 2.07. The smallest absolute Gasteiger partial charge is 0.143 e. The number of benzene rings is 1. The van der Waals surface area contributed by atoms with E-state index >= 15 is 0 Å². The molecule has 1 aromatic rings. The Morgan fingerprint density at radius 2 is 1.88 bits per heavy atom. The summed E-state index contributed by atoms with van der Waals surface area (Å²) in [5, 5.41) is 4.13. The molecule has 0 aromatic heterocycles. The first-order valence-electron chi connectivity index (χ1n) is 6.54. The number of hydrogen-bond acceptors (Lipinski definition) is 2. The van der Waals surface area contributed by atoms with E-state index in [-0.39, 0.29) is 5.60 Å². The number of hydrogen-bond donors (Lipinski definition) is 0. The van der Waals surface area contributed by atoms with Gasteiger partial charge in [-0.3, -0.25) is 0 Å². The molecule has 0 radical (unpaired) electrons. The molecule has 0 bridgehead atoms. The molecule has 1 heterocycles. The zero-order chi connectivity index (χ0) is 11.7. The van der Waals surface area contributed by atoms with Gasteiger partial charge < -0.3 is 4.84 Å². The maximum Gasteiger partial charge on any atom is 0.143 e. The van der Waals surface area contributed by atoms with E-state index in [4.69, 9.17) is 4.84 Å². The molecule has 1 aliphatic carbocycles. The number of rotatable bonds is 1. The van der Waals surface area contributed by atoms with E-state index in [1.54, 1.807) is 0 Å². The fourth-order valence-corrected chi connectivity index (χ4v) is 3.18. The maximum absolute atomic E-state index is 5.67. The predicted octanol–water partition coefficient (Wildman–Crippen LogP) is 3.88. The Labute approximate surface area is 103 Å². The highest BCUT2D eigenvalue weighted by Gasteiger charge is 2.41. The minimum atomic E-state index is 0.0510. The molecule has 2 heteroatoms. The fourth-order valence-electron chi connectivity index (χ4n) is 3.18. The highest BCUT2D eigenvalue weighted by Crippen LogP contribution is 2.43. The first-order valence-corrected chi connectivity index (χ1v) is 6.54. The van der Waals surface area contributed by atoms with Gasteiger partial charge in [-0.05, 0) is 44.1 Å². The monoisotopic (exact) mass is 229 g/mol. The van der Waals surface area contributed by atoms with E-state index in [1.165, 1.54) is 18.4 Å².